The predicted molar refractivity (Wildman–Crippen MR) is 80.1 cm³/mol. The van der Waals surface area contributed by atoms with E-state index in [0.29, 0.717) is 17.6 Å². The molecule has 0 amide bonds. The topological polar surface area (TPSA) is 16.1 Å². The number of alkyl halides is 1. The highest BCUT2D eigenvalue weighted by molar-refractivity contribution is 9.08. The summed E-state index contributed by atoms with van der Waals surface area (Å²) in [6.45, 7) is 2.54. The normalized spacial score (nSPS) is 10.5. The number of rotatable bonds is 4. The maximum absolute atomic E-state index is 14.0. The van der Waals surface area contributed by atoms with Crippen LogP contribution in [0, 0.1) is 12.7 Å². The van der Waals surface area contributed by atoms with Crippen LogP contribution in [0.25, 0.3) is 0 Å². The molecular weight excluding hydrogens is 307 g/mol. The van der Waals surface area contributed by atoms with Gasteiger partial charge in [-0.25, -0.2) is 4.39 Å². The summed E-state index contributed by atoms with van der Waals surface area (Å²) in [5.41, 5.74) is 3.43. The van der Waals surface area contributed by atoms with E-state index in [0.717, 1.165) is 17.0 Å². The number of aryl methyl sites for hydroxylation is 1. The highest BCUT2D eigenvalue weighted by atomic mass is 79.9. The van der Waals surface area contributed by atoms with Crippen LogP contribution in [-0.2, 0) is 11.9 Å². The number of anilines is 1. The van der Waals surface area contributed by atoms with Gasteiger partial charge in [0.25, 0.3) is 0 Å². The second-order valence-corrected chi connectivity index (χ2v) is 5.11. The Labute approximate surface area is 121 Å². The summed E-state index contributed by atoms with van der Waals surface area (Å²) in [5.74, 6) is -0.202. The first-order valence-electron chi connectivity index (χ1n) is 6.08. The van der Waals surface area contributed by atoms with Crippen molar-refractivity contribution < 1.29 is 4.39 Å². The van der Waals surface area contributed by atoms with Gasteiger partial charge in [0.15, 0.2) is 0 Å². The van der Waals surface area contributed by atoms with Crippen LogP contribution in [0.2, 0.25) is 0 Å². The van der Waals surface area contributed by atoms with Crippen molar-refractivity contribution in [1.82, 2.24) is 4.98 Å². The molecule has 19 heavy (non-hydrogen) atoms. The molecule has 0 unspecified atom stereocenters. The molecule has 0 atom stereocenters. The molecule has 0 aliphatic carbocycles. The third-order valence-corrected chi connectivity index (χ3v) is 3.57. The van der Waals surface area contributed by atoms with Gasteiger partial charge >= 0.3 is 0 Å². The van der Waals surface area contributed by atoms with Crippen molar-refractivity contribution in [2.24, 2.45) is 0 Å². The van der Waals surface area contributed by atoms with Crippen LogP contribution >= 0.6 is 15.9 Å². The molecule has 2 aromatic rings. The zero-order valence-electron chi connectivity index (χ0n) is 11.0. The van der Waals surface area contributed by atoms with Gasteiger partial charge in [-0.15, -0.1) is 0 Å². The summed E-state index contributed by atoms with van der Waals surface area (Å²) >= 11 is 3.32. The molecule has 1 heterocycles. The minimum atomic E-state index is -0.202. The van der Waals surface area contributed by atoms with Crippen molar-refractivity contribution in [1.29, 1.82) is 0 Å². The van der Waals surface area contributed by atoms with Crippen LogP contribution < -0.4 is 4.90 Å². The lowest BCUT2D eigenvalue weighted by Crippen LogP contribution is -2.18. The maximum atomic E-state index is 14.0. The van der Waals surface area contributed by atoms with Crippen LogP contribution in [0.5, 0.6) is 0 Å². The summed E-state index contributed by atoms with van der Waals surface area (Å²) in [4.78, 5) is 6.30. The number of nitrogens with zero attached hydrogens (tertiary/aromatic N) is 2. The molecule has 0 bridgehead atoms. The number of pyridine rings is 1. The molecule has 0 saturated heterocycles. The standard InChI is InChI=1S/C15H16BrFN2/c1-11-4-3-5-13(18-11)10-19(2)15-7-6-12(9-16)8-14(15)17/h3-8H,9-10H2,1-2H3. The summed E-state index contributed by atoms with van der Waals surface area (Å²) in [6, 6.07) is 11.2. The summed E-state index contributed by atoms with van der Waals surface area (Å²) < 4.78 is 14.0. The van der Waals surface area contributed by atoms with E-state index in [-0.39, 0.29) is 5.82 Å². The molecule has 0 fully saturated rings. The van der Waals surface area contributed by atoms with Crippen molar-refractivity contribution >= 4 is 21.6 Å². The van der Waals surface area contributed by atoms with Gasteiger partial charge in [-0.2, -0.15) is 0 Å². The fraction of sp³-hybridized carbons (Fsp3) is 0.267. The van der Waals surface area contributed by atoms with E-state index in [9.17, 15) is 4.39 Å². The number of hydrogen-bond acceptors (Lipinski definition) is 2. The molecular formula is C15H16BrFN2. The number of aromatic nitrogens is 1. The third-order valence-electron chi connectivity index (χ3n) is 2.92. The van der Waals surface area contributed by atoms with Crippen molar-refractivity contribution in [2.45, 2.75) is 18.8 Å². The molecule has 0 radical (unpaired) electrons. The van der Waals surface area contributed by atoms with Crippen LogP contribution in [-0.4, -0.2) is 12.0 Å². The van der Waals surface area contributed by atoms with Crippen molar-refractivity contribution in [3.8, 4) is 0 Å². The first-order chi connectivity index (χ1) is 9.10. The van der Waals surface area contributed by atoms with Gasteiger partial charge in [0.2, 0.25) is 0 Å². The number of hydrogen-bond donors (Lipinski definition) is 0. The Morgan fingerprint density at radius 3 is 2.68 bits per heavy atom. The molecule has 0 aliphatic heterocycles. The maximum Gasteiger partial charge on any atom is 0.146 e. The number of benzene rings is 1. The van der Waals surface area contributed by atoms with E-state index >= 15 is 0 Å². The highest BCUT2D eigenvalue weighted by Gasteiger charge is 2.09. The highest BCUT2D eigenvalue weighted by Crippen LogP contribution is 2.21. The quantitative estimate of drug-likeness (QED) is 0.789. The Morgan fingerprint density at radius 1 is 1.26 bits per heavy atom. The van der Waals surface area contributed by atoms with Gasteiger partial charge in [0, 0.05) is 18.1 Å². The Balaban J connectivity index is 2.18. The van der Waals surface area contributed by atoms with Gasteiger partial charge in [0.1, 0.15) is 5.82 Å². The zero-order chi connectivity index (χ0) is 13.8. The zero-order valence-corrected chi connectivity index (χ0v) is 12.6. The van der Waals surface area contributed by atoms with E-state index in [2.05, 4.69) is 20.9 Å². The lowest BCUT2D eigenvalue weighted by atomic mass is 10.2. The Morgan fingerprint density at radius 2 is 2.05 bits per heavy atom. The lowest BCUT2D eigenvalue weighted by molar-refractivity contribution is 0.620. The summed E-state index contributed by atoms with van der Waals surface area (Å²) in [5, 5.41) is 0.660. The molecule has 0 N–H and O–H groups in total. The van der Waals surface area contributed by atoms with Crippen molar-refractivity contribution in [3.63, 3.8) is 0 Å². The molecule has 0 spiro atoms. The van der Waals surface area contributed by atoms with E-state index < -0.39 is 0 Å². The second kappa shape index (κ2) is 6.15. The monoisotopic (exact) mass is 322 g/mol. The second-order valence-electron chi connectivity index (χ2n) is 4.55. The average Bonchev–Trinajstić information content (AvgIpc) is 2.38. The third kappa shape index (κ3) is 3.53. The Hall–Kier alpha value is -1.42. The molecule has 2 rings (SSSR count). The molecule has 100 valence electrons. The molecule has 2 nitrogen and oxygen atoms in total. The first kappa shape index (κ1) is 14.0. The molecule has 0 aliphatic rings. The van der Waals surface area contributed by atoms with Gasteiger partial charge < -0.3 is 4.90 Å². The van der Waals surface area contributed by atoms with Gasteiger partial charge in [-0.3, -0.25) is 4.98 Å². The SMILES string of the molecule is Cc1cccc(CN(C)c2ccc(CBr)cc2F)n1. The Kier molecular flexibility index (Phi) is 4.53. The summed E-state index contributed by atoms with van der Waals surface area (Å²) in [7, 11) is 1.87. The van der Waals surface area contributed by atoms with Crippen LogP contribution in [0.3, 0.4) is 0 Å². The largest absolute Gasteiger partial charge is 0.366 e. The first-order valence-corrected chi connectivity index (χ1v) is 7.20. The predicted octanol–water partition coefficient (Wildman–Crippen LogP) is 4.06. The average molecular weight is 323 g/mol. The fourth-order valence-electron chi connectivity index (χ4n) is 1.96. The van der Waals surface area contributed by atoms with Crippen LogP contribution in [0.4, 0.5) is 10.1 Å². The van der Waals surface area contributed by atoms with E-state index in [1.165, 1.54) is 0 Å². The molecule has 1 aromatic carbocycles. The lowest BCUT2D eigenvalue weighted by Gasteiger charge is -2.20. The van der Waals surface area contributed by atoms with Crippen LogP contribution in [0.15, 0.2) is 36.4 Å². The van der Waals surface area contributed by atoms with Gasteiger partial charge in [0.05, 0.1) is 17.9 Å². The van der Waals surface area contributed by atoms with Crippen LogP contribution in [0.1, 0.15) is 17.0 Å². The van der Waals surface area contributed by atoms with Gasteiger partial charge in [-0.05, 0) is 36.8 Å². The van der Waals surface area contributed by atoms with E-state index in [1.807, 2.05) is 49.2 Å². The minimum absolute atomic E-state index is 0.202. The van der Waals surface area contributed by atoms with E-state index in [4.69, 9.17) is 0 Å². The molecule has 4 heteroatoms. The van der Waals surface area contributed by atoms with Crippen molar-refractivity contribution in [3.05, 3.63) is 59.2 Å². The minimum Gasteiger partial charge on any atom is -0.366 e. The molecule has 1 aromatic heterocycles. The van der Waals surface area contributed by atoms with Gasteiger partial charge in [-0.1, -0.05) is 28.1 Å². The fourth-order valence-corrected chi connectivity index (χ4v) is 2.31. The van der Waals surface area contributed by atoms with Crippen molar-refractivity contribution in [2.75, 3.05) is 11.9 Å². The summed E-state index contributed by atoms with van der Waals surface area (Å²) in [6.07, 6.45) is 0. The molecule has 0 saturated carbocycles. The number of halogens is 2. The smallest absolute Gasteiger partial charge is 0.146 e. The van der Waals surface area contributed by atoms with E-state index in [1.54, 1.807) is 6.07 Å². The Bertz CT molecular complexity index is 572.